The van der Waals surface area contributed by atoms with E-state index in [0.717, 1.165) is 12.0 Å². The minimum absolute atomic E-state index is 0.0571. The van der Waals surface area contributed by atoms with E-state index in [4.69, 9.17) is 5.11 Å². The van der Waals surface area contributed by atoms with Crippen LogP contribution in [-0.2, 0) is 21.2 Å². The van der Waals surface area contributed by atoms with Crippen LogP contribution in [0.1, 0.15) is 32.3 Å². The monoisotopic (exact) mass is 285 g/mol. The quantitative estimate of drug-likeness (QED) is 0.800. The van der Waals surface area contributed by atoms with Crippen molar-refractivity contribution in [3.05, 3.63) is 29.8 Å². The van der Waals surface area contributed by atoms with E-state index in [2.05, 4.69) is 4.72 Å². The number of rotatable bonds is 7. The molecule has 1 aromatic rings. The molecule has 1 unspecified atom stereocenters. The summed E-state index contributed by atoms with van der Waals surface area (Å²) in [7, 11) is -3.58. The summed E-state index contributed by atoms with van der Waals surface area (Å²) in [6.07, 6.45) is 1.06. The van der Waals surface area contributed by atoms with E-state index in [0.29, 0.717) is 0 Å². The number of carbonyl (C=O) groups is 1. The maximum absolute atomic E-state index is 12.0. The molecule has 0 spiro atoms. The zero-order valence-corrected chi connectivity index (χ0v) is 11.9. The molecule has 0 saturated heterocycles. The molecule has 106 valence electrons. The van der Waals surface area contributed by atoms with E-state index in [1.807, 2.05) is 6.92 Å². The van der Waals surface area contributed by atoms with Crippen molar-refractivity contribution in [3.63, 3.8) is 0 Å². The Morgan fingerprint density at radius 3 is 2.37 bits per heavy atom. The number of hydrogen-bond donors (Lipinski definition) is 2. The molecule has 6 heteroatoms. The summed E-state index contributed by atoms with van der Waals surface area (Å²) in [6, 6.07) is 6.26. The van der Waals surface area contributed by atoms with E-state index in [-0.39, 0.29) is 17.7 Å². The standard InChI is InChI=1S/C13H19NO4S/c1-3-11-5-7-12(8-6-11)19(17,18)14-10(2)4-9-13(15)16/h5-8,10,14H,3-4,9H2,1-2H3,(H,15,16). The van der Waals surface area contributed by atoms with Crippen molar-refractivity contribution in [3.8, 4) is 0 Å². The van der Waals surface area contributed by atoms with Crippen molar-refractivity contribution in [2.24, 2.45) is 0 Å². The fraction of sp³-hybridized carbons (Fsp3) is 0.462. The van der Waals surface area contributed by atoms with Crippen LogP contribution in [0.2, 0.25) is 0 Å². The van der Waals surface area contributed by atoms with Gasteiger partial charge in [-0.3, -0.25) is 4.79 Å². The fourth-order valence-corrected chi connectivity index (χ4v) is 2.91. The summed E-state index contributed by atoms with van der Waals surface area (Å²) >= 11 is 0. The lowest BCUT2D eigenvalue weighted by Gasteiger charge is -2.13. The zero-order chi connectivity index (χ0) is 14.5. The Morgan fingerprint density at radius 2 is 1.89 bits per heavy atom. The van der Waals surface area contributed by atoms with Gasteiger partial charge in [-0.15, -0.1) is 0 Å². The average Bonchev–Trinajstić information content (AvgIpc) is 2.36. The molecule has 0 aliphatic heterocycles. The molecule has 0 amide bonds. The maximum Gasteiger partial charge on any atom is 0.303 e. The van der Waals surface area contributed by atoms with Gasteiger partial charge < -0.3 is 5.11 Å². The second kappa shape index (κ2) is 6.68. The third-order valence-corrected chi connectivity index (χ3v) is 4.39. The first kappa shape index (κ1) is 15.7. The van der Waals surface area contributed by atoms with Crippen molar-refractivity contribution in [1.29, 1.82) is 0 Å². The Kier molecular flexibility index (Phi) is 5.50. The number of aliphatic carboxylic acids is 1. The van der Waals surface area contributed by atoms with Crippen molar-refractivity contribution in [1.82, 2.24) is 4.72 Å². The first-order valence-electron chi connectivity index (χ1n) is 6.18. The van der Waals surface area contributed by atoms with E-state index in [9.17, 15) is 13.2 Å². The van der Waals surface area contributed by atoms with Gasteiger partial charge in [0, 0.05) is 12.5 Å². The summed E-state index contributed by atoms with van der Waals surface area (Å²) in [5.41, 5.74) is 1.07. The van der Waals surface area contributed by atoms with Crippen LogP contribution in [0.25, 0.3) is 0 Å². The third-order valence-electron chi connectivity index (χ3n) is 2.79. The van der Waals surface area contributed by atoms with Gasteiger partial charge in [0.05, 0.1) is 4.90 Å². The Morgan fingerprint density at radius 1 is 1.32 bits per heavy atom. The van der Waals surface area contributed by atoms with Gasteiger partial charge in [-0.05, 0) is 37.5 Å². The molecule has 0 fully saturated rings. The van der Waals surface area contributed by atoms with E-state index < -0.39 is 22.0 Å². The Hall–Kier alpha value is -1.40. The van der Waals surface area contributed by atoms with Crippen LogP contribution in [0.5, 0.6) is 0 Å². The van der Waals surface area contributed by atoms with Crippen molar-refractivity contribution in [2.75, 3.05) is 0 Å². The molecule has 1 aromatic carbocycles. The molecule has 0 aliphatic rings. The Balaban J connectivity index is 2.71. The summed E-state index contributed by atoms with van der Waals surface area (Å²) in [4.78, 5) is 10.6. The molecule has 2 N–H and O–H groups in total. The summed E-state index contributed by atoms with van der Waals surface area (Å²) < 4.78 is 26.5. The summed E-state index contributed by atoms with van der Waals surface area (Å²) in [5, 5.41) is 8.56. The minimum Gasteiger partial charge on any atom is -0.481 e. The van der Waals surface area contributed by atoms with Crippen LogP contribution in [0.3, 0.4) is 0 Å². The number of benzene rings is 1. The number of hydrogen-bond acceptors (Lipinski definition) is 3. The molecule has 0 aromatic heterocycles. The second-order valence-corrected chi connectivity index (χ2v) is 6.17. The van der Waals surface area contributed by atoms with Gasteiger partial charge in [-0.2, -0.15) is 0 Å². The average molecular weight is 285 g/mol. The highest BCUT2D eigenvalue weighted by Gasteiger charge is 2.17. The van der Waals surface area contributed by atoms with Crippen LogP contribution < -0.4 is 4.72 Å². The zero-order valence-electron chi connectivity index (χ0n) is 11.1. The van der Waals surface area contributed by atoms with Gasteiger partial charge in [0.1, 0.15) is 0 Å². The molecule has 1 atom stereocenters. The van der Waals surface area contributed by atoms with Gasteiger partial charge >= 0.3 is 5.97 Å². The Bertz CT molecular complexity index is 522. The highest BCUT2D eigenvalue weighted by Crippen LogP contribution is 2.12. The number of aryl methyl sites for hydroxylation is 1. The van der Waals surface area contributed by atoms with Gasteiger partial charge in [0.2, 0.25) is 10.0 Å². The van der Waals surface area contributed by atoms with Gasteiger partial charge in [-0.25, -0.2) is 13.1 Å². The molecule has 0 saturated carbocycles. The molecule has 5 nitrogen and oxygen atoms in total. The van der Waals surface area contributed by atoms with Crippen molar-refractivity contribution >= 4 is 16.0 Å². The van der Waals surface area contributed by atoms with Crippen LogP contribution >= 0.6 is 0 Å². The largest absolute Gasteiger partial charge is 0.481 e. The van der Waals surface area contributed by atoms with Crippen molar-refractivity contribution in [2.45, 2.75) is 44.0 Å². The van der Waals surface area contributed by atoms with Crippen LogP contribution in [0.4, 0.5) is 0 Å². The van der Waals surface area contributed by atoms with Crippen LogP contribution in [0.15, 0.2) is 29.2 Å². The van der Waals surface area contributed by atoms with Crippen LogP contribution in [0, 0.1) is 0 Å². The third kappa shape index (κ3) is 5.00. The molecular formula is C13H19NO4S. The van der Waals surface area contributed by atoms with Crippen molar-refractivity contribution < 1.29 is 18.3 Å². The van der Waals surface area contributed by atoms with Gasteiger partial charge in [0.25, 0.3) is 0 Å². The molecule has 19 heavy (non-hydrogen) atoms. The molecule has 0 radical (unpaired) electrons. The number of nitrogens with one attached hydrogen (secondary N) is 1. The normalized spacial score (nSPS) is 13.2. The fourth-order valence-electron chi connectivity index (χ4n) is 1.64. The molecule has 0 heterocycles. The van der Waals surface area contributed by atoms with Gasteiger partial charge in [0.15, 0.2) is 0 Å². The number of sulfonamides is 1. The van der Waals surface area contributed by atoms with Crippen LogP contribution in [-0.4, -0.2) is 25.5 Å². The second-order valence-electron chi connectivity index (χ2n) is 4.45. The lowest BCUT2D eigenvalue weighted by Crippen LogP contribution is -2.33. The number of carboxylic acid groups (broad SMARTS) is 1. The summed E-state index contributed by atoms with van der Waals surface area (Å²) in [6.45, 7) is 3.65. The topological polar surface area (TPSA) is 83.5 Å². The Labute approximate surface area is 113 Å². The molecule has 1 rings (SSSR count). The van der Waals surface area contributed by atoms with Gasteiger partial charge in [-0.1, -0.05) is 19.1 Å². The molecule has 0 bridgehead atoms. The van der Waals surface area contributed by atoms with E-state index >= 15 is 0 Å². The first-order chi connectivity index (χ1) is 8.85. The lowest BCUT2D eigenvalue weighted by molar-refractivity contribution is -0.137. The smallest absolute Gasteiger partial charge is 0.303 e. The minimum atomic E-state index is -3.58. The predicted octanol–water partition coefficient (Wildman–Crippen LogP) is 1.78. The number of carboxylic acids is 1. The summed E-state index contributed by atoms with van der Waals surface area (Å²) in [5.74, 6) is -0.932. The first-order valence-corrected chi connectivity index (χ1v) is 7.66. The molecular weight excluding hydrogens is 266 g/mol. The van der Waals surface area contributed by atoms with E-state index in [1.54, 1.807) is 31.2 Å². The maximum atomic E-state index is 12.0. The SMILES string of the molecule is CCc1ccc(S(=O)(=O)NC(C)CCC(=O)O)cc1. The highest BCUT2D eigenvalue weighted by molar-refractivity contribution is 7.89. The lowest BCUT2D eigenvalue weighted by atomic mass is 10.2. The van der Waals surface area contributed by atoms with E-state index in [1.165, 1.54) is 0 Å². The highest BCUT2D eigenvalue weighted by atomic mass is 32.2. The molecule has 0 aliphatic carbocycles. The predicted molar refractivity (Wildman–Crippen MR) is 72.5 cm³/mol.